The van der Waals surface area contributed by atoms with Crippen LogP contribution in [-0.2, 0) is 14.4 Å². The van der Waals surface area contributed by atoms with Crippen molar-refractivity contribution in [2.75, 3.05) is 5.75 Å². The van der Waals surface area contributed by atoms with Gasteiger partial charge < -0.3 is 15.5 Å². The Morgan fingerprint density at radius 1 is 1.33 bits per heavy atom. The lowest BCUT2D eigenvalue weighted by Gasteiger charge is -2.48. The van der Waals surface area contributed by atoms with E-state index in [-0.39, 0.29) is 16.5 Å². The second kappa shape index (κ2) is 6.46. The summed E-state index contributed by atoms with van der Waals surface area (Å²) in [5, 5.41) is 21.3. The van der Waals surface area contributed by atoms with E-state index in [2.05, 4.69) is 5.32 Å². The van der Waals surface area contributed by atoms with E-state index in [0.29, 0.717) is 5.56 Å². The van der Waals surface area contributed by atoms with Gasteiger partial charge in [-0.05, 0) is 5.56 Å². The number of carboxylic acid groups (broad SMARTS) is 1. The van der Waals surface area contributed by atoms with Crippen LogP contribution in [0.2, 0.25) is 0 Å². The number of carbonyl (C=O) groups excluding carboxylic acids is 2. The smallest absolute Gasteiger partial charge is 0.353 e. The molecular weight excluding hydrogens is 356 g/mol. The van der Waals surface area contributed by atoms with Crippen LogP contribution in [0.15, 0.2) is 41.1 Å². The van der Waals surface area contributed by atoms with Gasteiger partial charge in [-0.3, -0.25) is 14.5 Å². The maximum atomic E-state index is 12.2. The molecule has 1 aromatic carbocycles. The minimum absolute atomic E-state index is 0.0891. The van der Waals surface area contributed by atoms with E-state index in [4.69, 9.17) is 11.6 Å². The zero-order chi connectivity index (χ0) is 17.4. The molecule has 2 heterocycles. The van der Waals surface area contributed by atoms with Crippen LogP contribution in [0.3, 0.4) is 0 Å². The van der Waals surface area contributed by atoms with Gasteiger partial charge in [0.1, 0.15) is 17.1 Å². The molecule has 0 aromatic heterocycles. The van der Waals surface area contributed by atoms with Crippen molar-refractivity contribution in [1.82, 2.24) is 10.2 Å². The zero-order valence-corrected chi connectivity index (χ0v) is 13.8. The van der Waals surface area contributed by atoms with Crippen molar-refractivity contribution in [3.63, 3.8) is 0 Å². The number of nitrogens with one attached hydrogen (secondary N) is 1. The third-order valence-electron chi connectivity index (χ3n) is 3.79. The van der Waals surface area contributed by atoms with Crippen LogP contribution in [0.1, 0.15) is 11.7 Å². The van der Waals surface area contributed by atoms with Gasteiger partial charge in [-0.25, -0.2) is 4.79 Å². The summed E-state index contributed by atoms with van der Waals surface area (Å²) in [7, 11) is 0. The predicted octanol–water partition coefficient (Wildman–Crippen LogP) is 0.655. The van der Waals surface area contributed by atoms with Crippen molar-refractivity contribution in [3.05, 3.63) is 46.6 Å². The van der Waals surface area contributed by atoms with Gasteiger partial charge in [0.05, 0.1) is 5.03 Å². The van der Waals surface area contributed by atoms with Crippen molar-refractivity contribution in [1.29, 1.82) is 0 Å². The van der Waals surface area contributed by atoms with E-state index in [0.717, 1.165) is 4.90 Å². The van der Waals surface area contributed by atoms with Crippen LogP contribution in [0.25, 0.3) is 0 Å². The van der Waals surface area contributed by atoms with Crippen molar-refractivity contribution >= 4 is 41.1 Å². The fraction of sp³-hybridized carbons (Fsp3) is 0.267. The van der Waals surface area contributed by atoms with Crippen molar-refractivity contribution in [2.45, 2.75) is 17.5 Å². The summed E-state index contributed by atoms with van der Waals surface area (Å²) in [6, 6.07) is 7.43. The molecule has 0 aliphatic carbocycles. The Balaban J connectivity index is 1.71. The first-order chi connectivity index (χ1) is 11.4. The van der Waals surface area contributed by atoms with Crippen molar-refractivity contribution < 1.29 is 24.6 Å². The van der Waals surface area contributed by atoms with Gasteiger partial charge in [0.25, 0.3) is 11.8 Å². The highest BCUT2D eigenvalue weighted by atomic mass is 35.5. The Kier molecular flexibility index (Phi) is 4.53. The normalized spacial score (nSPS) is 24.1. The molecule has 9 heteroatoms. The molecule has 1 aromatic rings. The van der Waals surface area contributed by atoms with Crippen molar-refractivity contribution in [2.24, 2.45) is 0 Å². The number of hydrogen-bond donors (Lipinski definition) is 3. The number of aliphatic carboxylic acids is 1. The second-order valence-corrected chi connectivity index (χ2v) is 6.83. The highest BCUT2D eigenvalue weighted by Crippen LogP contribution is 2.41. The molecule has 3 N–H and O–H groups in total. The molecule has 2 aliphatic rings. The number of rotatable bonds is 4. The number of carbonyl (C=O) groups is 3. The largest absolute Gasteiger partial charge is 0.477 e. The first-order valence-electron chi connectivity index (χ1n) is 7.02. The van der Waals surface area contributed by atoms with E-state index in [9.17, 15) is 24.6 Å². The number of thioether (sulfide) groups is 1. The average Bonchev–Trinajstić information content (AvgIpc) is 2.59. The summed E-state index contributed by atoms with van der Waals surface area (Å²) in [5.74, 6) is -2.31. The Morgan fingerprint density at radius 2 is 2.00 bits per heavy atom. The lowest BCUT2D eigenvalue weighted by Crippen LogP contribution is -2.70. The number of amides is 2. The van der Waals surface area contributed by atoms with Gasteiger partial charge in [-0.1, -0.05) is 41.9 Å². The van der Waals surface area contributed by atoms with E-state index in [1.54, 1.807) is 30.3 Å². The van der Waals surface area contributed by atoms with Gasteiger partial charge >= 0.3 is 5.97 Å². The van der Waals surface area contributed by atoms with Gasteiger partial charge in [0.2, 0.25) is 0 Å². The number of carboxylic acids is 1. The van der Waals surface area contributed by atoms with Crippen LogP contribution in [-0.4, -0.2) is 50.1 Å². The van der Waals surface area contributed by atoms with E-state index < -0.39 is 35.3 Å². The molecule has 0 bridgehead atoms. The molecule has 0 radical (unpaired) electrons. The number of fused-ring (bicyclic) bond motifs is 1. The minimum Gasteiger partial charge on any atom is -0.477 e. The predicted molar refractivity (Wildman–Crippen MR) is 86.9 cm³/mol. The Labute approximate surface area is 146 Å². The Bertz CT molecular complexity index is 739. The van der Waals surface area contributed by atoms with E-state index >= 15 is 0 Å². The average molecular weight is 369 g/mol. The van der Waals surface area contributed by atoms with E-state index in [1.807, 2.05) is 0 Å². The minimum atomic E-state index is -1.40. The summed E-state index contributed by atoms with van der Waals surface area (Å²) in [6.45, 7) is 0. The lowest BCUT2D eigenvalue weighted by molar-refractivity contribution is -0.151. The number of benzene rings is 1. The molecule has 1 fully saturated rings. The molecule has 2 aliphatic heterocycles. The first kappa shape index (κ1) is 16.8. The fourth-order valence-electron chi connectivity index (χ4n) is 2.60. The monoisotopic (exact) mass is 368 g/mol. The van der Waals surface area contributed by atoms with Crippen LogP contribution >= 0.6 is 23.4 Å². The summed E-state index contributed by atoms with van der Waals surface area (Å²) in [5.41, 5.74) is 0.156. The number of aliphatic hydroxyl groups is 1. The summed E-state index contributed by atoms with van der Waals surface area (Å²) in [6.07, 6.45) is -1.40. The second-order valence-electron chi connectivity index (χ2n) is 5.27. The van der Waals surface area contributed by atoms with Crippen LogP contribution in [0, 0.1) is 0 Å². The van der Waals surface area contributed by atoms with Gasteiger partial charge in [-0.15, -0.1) is 11.8 Å². The van der Waals surface area contributed by atoms with E-state index in [1.165, 1.54) is 11.8 Å². The number of nitrogens with zero attached hydrogens (tertiary/aromatic N) is 1. The molecule has 126 valence electrons. The molecule has 2 amide bonds. The zero-order valence-electron chi connectivity index (χ0n) is 12.2. The Morgan fingerprint density at radius 3 is 2.62 bits per heavy atom. The summed E-state index contributed by atoms with van der Waals surface area (Å²) >= 11 is 7.14. The van der Waals surface area contributed by atoms with Gasteiger partial charge in [0, 0.05) is 5.75 Å². The van der Waals surface area contributed by atoms with Crippen LogP contribution in [0.4, 0.5) is 0 Å². The number of β-lactam (4-membered cyclic amide) rings is 1. The third kappa shape index (κ3) is 2.77. The molecule has 3 atom stereocenters. The molecule has 24 heavy (non-hydrogen) atoms. The lowest BCUT2D eigenvalue weighted by atomic mass is 10.0. The topological polar surface area (TPSA) is 107 Å². The quantitative estimate of drug-likeness (QED) is 0.674. The molecule has 2 unspecified atom stereocenters. The molecule has 3 rings (SSSR count). The summed E-state index contributed by atoms with van der Waals surface area (Å²) in [4.78, 5) is 36.7. The first-order valence-corrected chi connectivity index (χ1v) is 8.44. The van der Waals surface area contributed by atoms with Crippen molar-refractivity contribution in [3.8, 4) is 0 Å². The highest BCUT2D eigenvalue weighted by molar-refractivity contribution is 8.00. The summed E-state index contributed by atoms with van der Waals surface area (Å²) < 4.78 is 0. The van der Waals surface area contributed by atoms with Gasteiger partial charge in [0.15, 0.2) is 6.10 Å². The molecule has 0 saturated carbocycles. The maximum absolute atomic E-state index is 12.2. The SMILES string of the molecule is O=C(O)C1=C(Cl)CS[C@H]2C(NC(=O)C(O)c3ccccc3)C(=O)N12. The number of halogens is 1. The maximum Gasteiger partial charge on any atom is 0.353 e. The van der Waals surface area contributed by atoms with Crippen LogP contribution in [0.5, 0.6) is 0 Å². The molecule has 0 spiro atoms. The standard InChI is InChI=1S/C15H13ClN2O5S/c16-8-6-24-14-9(13(21)18(14)10(8)15(22)23)17-12(20)11(19)7-4-2-1-3-5-7/h1-5,9,11,14,19H,6H2,(H,17,20)(H,22,23)/t9?,11?,14-/m0/s1. The number of hydrogen-bond acceptors (Lipinski definition) is 5. The number of aliphatic hydroxyl groups excluding tert-OH is 1. The highest BCUT2D eigenvalue weighted by Gasteiger charge is 2.54. The third-order valence-corrected chi connectivity index (χ3v) is 5.54. The van der Waals surface area contributed by atoms with Gasteiger partial charge in [-0.2, -0.15) is 0 Å². The fourth-order valence-corrected chi connectivity index (χ4v) is 4.15. The molecular formula is C15H13ClN2O5S. The Hall–Kier alpha value is -2.03. The van der Waals surface area contributed by atoms with Crippen LogP contribution < -0.4 is 5.32 Å². The molecule has 7 nitrogen and oxygen atoms in total. The molecule has 1 saturated heterocycles.